The fraction of sp³-hybridized carbons (Fsp3) is 0.615. The Labute approximate surface area is 117 Å². The molecule has 0 aromatic carbocycles. The summed E-state index contributed by atoms with van der Waals surface area (Å²) in [5.41, 5.74) is 7.35. The van der Waals surface area contributed by atoms with Gasteiger partial charge in [0.2, 0.25) is 0 Å². The van der Waals surface area contributed by atoms with Crippen molar-refractivity contribution in [2.45, 2.75) is 12.0 Å². The maximum atomic E-state index is 10.0. The molecular formula is C13H19N5O2. The molecule has 7 nitrogen and oxygen atoms in total. The van der Waals surface area contributed by atoms with Crippen molar-refractivity contribution in [3.8, 4) is 0 Å². The van der Waals surface area contributed by atoms with Gasteiger partial charge in [-0.2, -0.15) is 0 Å². The number of likely N-dealkylation sites (tertiary alicyclic amines) is 1. The van der Waals surface area contributed by atoms with Crippen LogP contribution >= 0.6 is 0 Å². The predicted molar refractivity (Wildman–Crippen MR) is 75.2 cm³/mol. The highest BCUT2D eigenvalue weighted by Crippen LogP contribution is 2.34. The molecule has 2 aliphatic rings. The van der Waals surface area contributed by atoms with Gasteiger partial charge in [0.1, 0.15) is 12.0 Å². The molecule has 1 fully saturated rings. The van der Waals surface area contributed by atoms with Crippen molar-refractivity contribution in [1.29, 1.82) is 0 Å². The fourth-order valence-corrected chi connectivity index (χ4v) is 2.93. The average Bonchev–Trinajstić information content (AvgIpc) is 2.97. The fourth-order valence-electron chi connectivity index (χ4n) is 2.93. The Morgan fingerprint density at radius 3 is 3.10 bits per heavy atom. The number of β-amino-alcohol motifs (C(OH)–C–C–N with tert-alkyl or cyclic N) is 1. The molecule has 108 valence electrons. The van der Waals surface area contributed by atoms with Crippen LogP contribution in [0.15, 0.2) is 11.3 Å². The molecule has 2 aliphatic heterocycles. The molecule has 3 rings (SSSR count). The van der Waals surface area contributed by atoms with E-state index >= 15 is 0 Å². The zero-order valence-electron chi connectivity index (χ0n) is 11.4. The van der Waals surface area contributed by atoms with Crippen molar-refractivity contribution in [3.05, 3.63) is 12.0 Å². The summed E-state index contributed by atoms with van der Waals surface area (Å²) in [6.45, 7) is 2.86. The summed E-state index contributed by atoms with van der Waals surface area (Å²) < 4.78 is 5.14. The van der Waals surface area contributed by atoms with E-state index in [-0.39, 0.29) is 17.9 Å². The Kier molecular flexibility index (Phi) is 3.64. The molecule has 0 saturated carbocycles. The van der Waals surface area contributed by atoms with Gasteiger partial charge in [0.05, 0.1) is 24.3 Å². The van der Waals surface area contributed by atoms with Crippen LogP contribution < -0.4 is 5.73 Å². The van der Waals surface area contributed by atoms with Gasteiger partial charge in [-0.15, -0.1) is 0 Å². The van der Waals surface area contributed by atoms with Gasteiger partial charge in [0.25, 0.3) is 0 Å². The average molecular weight is 277 g/mol. The number of aliphatic imine (C=N–C) groups is 1. The molecule has 7 heteroatoms. The molecular weight excluding hydrogens is 258 g/mol. The third kappa shape index (κ3) is 2.39. The molecule has 3 heterocycles. The van der Waals surface area contributed by atoms with E-state index in [1.165, 1.54) is 6.33 Å². The van der Waals surface area contributed by atoms with Gasteiger partial charge in [-0.3, -0.25) is 9.89 Å². The number of aliphatic hydroxyl groups is 1. The molecule has 0 bridgehead atoms. The Bertz CT molecular complexity index is 521. The maximum absolute atomic E-state index is 10.0. The lowest BCUT2D eigenvalue weighted by Crippen LogP contribution is -2.27. The van der Waals surface area contributed by atoms with Crippen molar-refractivity contribution < 1.29 is 9.84 Å². The molecule has 3 N–H and O–H groups in total. The molecule has 20 heavy (non-hydrogen) atoms. The number of ether oxygens (including phenoxy) is 1. The SMILES string of the molecule is COC[C@@H]1CN(CC2C=Nc3c(N)ncnc32)C[C@@H]1O. The first-order chi connectivity index (χ1) is 9.69. The summed E-state index contributed by atoms with van der Waals surface area (Å²) in [5.74, 6) is 0.713. The zero-order valence-corrected chi connectivity index (χ0v) is 11.4. The van der Waals surface area contributed by atoms with Crippen LogP contribution in [0.1, 0.15) is 11.6 Å². The van der Waals surface area contributed by atoms with Crippen LogP contribution in [-0.2, 0) is 4.74 Å². The van der Waals surface area contributed by atoms with E-state index in [0.29, 0.717) is 24.7 Å². The minimum atomic E-state index is -0.330. The van der Waals surface area contributed by atoms with Crippen molar-refractivity contribution in [1.82, 2.24) is 14.9 Å². The molecule has 1 saturated heterocycles. The second kappa shape index (κ2) is 5.43. The number of hydrogen-bond acceptors (Lipinski definition) is 7. The van der Waals surface area contributed by atoms with Crippen LogP contribution in [0.25, 0.3) is 0 Å². The van der Waals surface area contributed by atoms with Gasteiger partial charge in [-0.05, 0) is 0 Å². The van der Waals surface area contributed by atoms with Crippen LogP contribution in [0.4, 0.5) is 11.5 Å². The molecule has 3 atom stereocenters. The lowest BCUT2D eigenvalue weighted by atomic mass is 10.1. The highest BCUT2D eigenvalue weighted by molar-refractivity contribution is 5.83. The summed E-state index contributed by atoms with van der Waals surface area (Å²) in [7, 11) is 1.66. The Hall–Kier alpha value is -1.57. The quantitative estimate of drug-likeness (QED) is 0.791. The number of rotatable bonds is 4. The minimum absolute atomic E-state index is 0.115. The first-order valence-corrected chi connectivity index (χ1v) is 6.73. The number of methoxy groups -OCH3 is 1. The van der Waals surface area contributed by atoms with Gasteiger partial charge in [0, 0.05) is 38.9 Å². The Morgan fingerprint density at radius 1 is 1.45 bits per heavy atom. The van der Waals surface area contributed by atoms with E-state index in [9.17, 15) is 5.11 Å². The molecule has 0 amide bonds. The van der Waals surface area contributed by atoms with E-state index in [0.717, 1.165) is 18.8 Å². The lowest BCUT2D eigenvalue weighted by molar-refractivity contribution is 0.0791. The normalized spacial score (nSPS) is 29.0. The van der Waals surface area contributed by atoms with Gasteiger partial charge < -0.3 is 15.6 Å². The topological polar surface area (TPSA) is 96.9 Å². The van der Waals surface area contributed by atoms with E-state index in [1.54, 1.807) is 7.11 Å². The molecule has 1 unspecified atom stereocenters. The van der Waals surface area contributed by atoms with Gasteiger partial charge in [0.15, 0.2) is 5.82 Å². The van der Waals surface area contributed by atoms with Gasteiger partial charge in [-0.1, -0.05) is 0 Å². The summed E-state index contributed by atoms with van der Waals surface area (Å²) in [6.07, 6.45) is 3.01. The standard InChI is InChI=1S/C13H19N5O2/c1-20-6-9-4-18(5-10(9)19)3-8-2-15-12-11(8)16-7-17-13(12)14/h2,7-10,19H,3-6H2,1H3,(H2,14,16,17)/t8?,9-,10-/m0/s1. The van der Waals surface area contributed by atoms with Crippen LogP contribution in [0, 0.1) is 5.92 Å². The van der Waals surface area contributed by atoms with Crippen LogP contribution in [0.3, 0.4) is 0 Å². The maximum Gasteiger partial charge on any atom is 0.153 e. The minimum Gasteiger partial charge on any atom is -0.391 e. The molecule has 0 aliphatic carbocycles. The van der Waals surface area contributed by atoms with E-state index in [2.05, 4.69) is 19.9 Å². The van der Waals surface area contributed by atoms with E-state index in [4.69, 9.17) is 10.5 Å². The number of anilines is 1. The molecule has 0 radical (unpaired) electrons. The summed E-state index contributed by atoms with van der Waals surface area (Å²) in [4.78, 5) is 14.8. The number of nitrogens with two attached hydrogens (primary N) is 1. The smallest absolute Gasteiger partial charge is 0.153 e. The lowest BCUT2D eigenvalue weighted by Gasteiger charge is -2.18. The number of nitrogens with zero attached hydrogens (tertiary/aromatic N) is 4. The van der Waals surface area contributed by atoms with Crippen molar-refractivity contribution in [2.75, 3.05) is 39.1 Å². The van der Waals surface area contributed by atoms with Crippen molar-refractivity contribution in [3.63, 3.8) is 0 Å². The van der Waals surface area contributed by atoms with E-state index in [1.807, 2.05) is 6.21 Å². The first kappa shape index (κ1) is 13.4. The summed E-state index contributed by atoms with van der Waals surface area (Å²) in [6, 6.07) is 0. The number of fused-ring (bicyclic) bond motifs is 1. The molecule has 1 aromatic heterocycles. The summed E-state index contributed by atoms with van der Waals surface area (Å²) >= 11 is 0. The van der Waals surface area contributed by atoms with Crippen LogP contribution in [0.5, 0.6) is 0 Å². The monoisotopic (exact) mass is 277 g/mol. The number of nitrogen functional groups attached to an aromatic ring is 1. The zero-order chi connectivity index (χ0) is 14.1. The second-order valence-corrected chi connectivity index (χ2v) is 5.38. The van der Waals surface area contributed by atoms with Crippen molar-refractivity contribution in [2.24, 2.45) is 10.9 Å². The van der Waals surface area contributed by atoms with Crippen LogP contribution in [0.2, 0.25) is 0 Å². The number of hydrogen-bond donors (Lipinski definition) is 2. The number of aliphatic hydroxyl groups excluding tert-OH is 1. The second-order valence-electron chi connectivity index (χ2n) is 5.38. The predicted octanol–water partition coefficient (Wildman–Crippen LogP) is -0.203. The third-order valence-corrected chi connectivity index (χ3v) is 3.93. The van der Waals surface area contributed by atoms with Crippen molar-refractivity contribution >= 4 is 17.7 Å². The summed E-state index contributed by atoms with van der Waals surface area (Å²) in [5, 5.41) is 10.0. The highest BCUT2D eigenvalue weighted by Gasteiger charge is 2.34. The Balaban J connectivity index is 1.67. The molecule has 1 aromatic rings. The number of aromatic nitrogens is 2. The molecule has 0 spiro atoms. The van der Waals surface area contributed by atoms with E-state index < -0.39 is 0 Å². The van der Waals surface area contributed by atoms with Crippen LogP contribution in [-0.4, -0.2) is 65.6 Å². The highest BCUT2D eigenvalue weighted by atomic mass is 16.5. The first-order valence-electron chi connectivity index (χ1n) is 6.73. The third-order valence-electron chi connectivity index (χ3n) is 3.93. The Morgan fingerprint density at radius 2 is 2.30 bits per heavy atom. The van der Waals surface area contributed by atoms with Gasteiger partial charge >= 0.3 is 0 Å². The van der Waals surface area contributed by atoms with Gasteiger partial charge in [-0.25, -0.2) is 9.97 Å². The largest absolute Gasteiger partial charge is 0.391 e.